The van der Waals surface area contributed by atoms with Gasteiger partial charge in [0.1, 0.15) is 0 Å². The molecule has 1 amide bonds. The van der Waals surface area contributed by atoms with Gasteiger partial charge >= 0.3 is 0 Å². The molecule has 98 valence electrons. The SMILES string of the molecule is CC1(/C=C/C(=O)Nc2ccsc2Br)CCOCC1. The van der Waals surface area contributed by atoms with Crippen molar-refractivity contribution in [3.8, 4) is 0 Å². The highest BCUT2D eigenvalue weighted by Gasteiger charge is 2.24. The number of anilines is 1. The normalized spacial score (nSPS) is 19.0. The van der Waals surface area contributed by atoms with Gasteiger partial charge in [-0.05, 0) is 51.7 Å². The van der Waals surface area contributed by atoms with Gasteiger partial charge in [0.15, 0.2) is 0 Å². The summed E-state index contributed by atoms with van der Waals surface area (Å²) in [5.74, 6) is -0.0817. The van der Waals surface area contributed by atoms with Crippen LogP contribution < -0.4 is 5.32 Å². The molecular weight excluding hydrogens is 314 g/mol. The van der Waals surface area contributed by atoms with E-state index in [1.807, 2.05) is 17.5 Å². The van der Waals surface area contributed by atoms with Gasteiger partial charge in [-0.25, -0.2) is 0 Å². The van der Waals surface area contributed by atoms with E-state index in [1.165, 1.54) is 0 Å². The van der Waals surface area contributed by atoms with Crippen LogP contribution >= 0.6 is 27.3 Å². The lowest BCUT2D eigenvalue weighted by Gasteiger charge is -2.30. The van der Waals surface area contributed by atoms with Gasteiger partial charge in [0.2, 0.25) is 5.91 Å². The molecule has 18 heavy (non-hydrogen) atoms. The third-order valence-electron chi connectivity index (χ3n) is 3.15. The summed E-state index contributed by atoms with van der Waals surface area (Å²) < 4.78 is 6.28. The number of allylic oxidation sites excluding steroid dienone is 1. The number of hydrogen-bond donors (Lipinski definition) is 1. The molecule has 0 saturated carbocycles. The molecule has 0 radical (unpaired) electrons. The van der Waals surface area contributed by atoms with Crippen LogP contribution in [-0.4, -0.2) is 19.1 Å². The molecule has 1 aliphatic heterocycles. The summed E-state index contributed by atoms with van der Waals surface area (Å²) in [6, 6.07) is 1.89. The fraction of sp³-hybridized carbons (Fsp3) is 0.462. The quantitative estimate of drug-likeness (QED) is 0.856. The van der Waals surface area contributed by atoms with Gasteiger partial charge in [-0.15, -0.1) is 11.3 Å². The van der Waals surface area contributed by atoms with Crippen molar-refractivity contribution in [3.05, 3.63) is 27.4 Å². The van der Waals surface area contributed by atoms with Crippen molar-refractivity contribution in [3.63, 3.8) is 0 Å². The molecule has 0 aliphatic carbocycles. The Bertz CT molecular complexity index is 450. The molecular formula is C13H16BrNO2S. The number of rotatable bonds is 3. The summed E-state index contributed by atoms with van der Waals surface area (Å²) in [6.45, 7) is 3.72. The second-order valence-electron chi connectivity index (χ2n) is 4.70. The van der Waals surface area contributed by atoms with Crippen molar-refractivity contribution < 1.29 is 9.53 Å². The summed E-state index contributed by atoms with van der Waals surface area (Å²) in [6.07, 6.45) is 5.58. The van der Waals surface area contributed by atoms with Crippen molar-refractivity contribution in [2.24, 2.45) is 5.41 Å². The third kappa shape index (κ3) is 3.67. The summed E-state index contributed by atoms with van der Waals surface area (Å²) >= 11 is 4.95. The minimum absolute atomic E-state index is 0.0817. The first-order chi connectivity index (χ1) is 8.59. The van der Waals surface area contributed by atoms with E-state index >= 15 is 0 Å². The maximum absolute atomic E-state index is 11.8. The Hall–Kier alpha value is -0.650. The average Bonchev–Trinajstić information content (AvgIpc) is 2.74. The topological polar surface area (TPSA) is 38.3 Å². The van der Waals surface area contributed by atoms with Crippen molar-refractivity contribution in [1.29, 1.82) is 0 Å². The number of ether oxygens (including phenoxy) is 1. The molecule has 3 nitrogen and oxygen atoms in total. The Morgan fingerprint density at radius 2 is 2.28 bits per heavy atom. The van der Waals surface area contributed by atoms with Gasteiger partial charge in [-0.1, -0.05) is 13.0 Å². The van der Waals surface area contributed by atoms with Crippen LogP contribution in [0.25, 0.3) is 0 Å². The van der Waals surface area contributed by atoms with Crippen LogP contribution in [0.3, 0.4) is 0 Å². The lowest BCUT2D eigenvalue weighted by molar-refractivity contribution is -0.112. The van der Waals surface area contributed by atoms with E-state index in [-0.39, 0.29) is 11.3 Å². The number of hydrogen-bond acceptors (Lipinski definition) is 3. The first-order valence-corrected chi connectivity index (χ1v) is 7.57. The Labute approximate surface area is 119 Å². The van der Waals surface area contributed by atoms with E-state index in [4.69, 9.17) is 4.74 Å². The summed E-state index contributed by atoms with van der Waals surface area (Å²) in [5, 5.41) is 4.79. The maximum Gasteiger partial charge on any atom is 0.248 e. The van der Waals surface area contributed by atoms with Gasteiger partial charge < -0.3 is 10.1 Å². The van der Waals surface area contributed by atoms with E-state index < -0.39 is 0 Å². The Morgan fingerprint density at radius 3 is 2.89 bits per heavy atom. The molecule has 1 aromatic heterocycles. The number of amides is 1. The second-order valence-corrected chi connectivity index (χ2v) is 6.93. The molecule has 1 saturated heterocycles. The molecule has 1 aromatic rings. The van der Waals surface area contributed by atoms with Gasteiger partial charge in [-0.2, -0.15) is 0 Å². The van der Waals surface area contributed by atoms with Gasteiger partial charge in [0, 0.05) is 13.2 Å². The molecule has 5 heteroatoms. The number of thiophene rings is 1. The van der Waals surface area contributed by atoms with Crippen molar-refractivity contribution in [2.75, 3.05) is 18.5 Å². The molecule has 1 N–H and O–H groups in total. The second kappa shape index (κ2) is 5.99. The van der Waals surface area contributed by atoms with Gasteiger partial charge in [0.05, 0.1) is 9.47 Å². The molecule has 1 aliphatic rings. The van der Waals surface area contributed by atoms with Gasteiger partial charge in [-0.3, -0.25) is 4.79 Å². The van der Waals surface area contributed by atoms with E-state index in [1.54, 1.807) is 17.4 Å². The van der Waals surface area contributed by atoms with E-state index in [9.17, 15) is 4.79 Å². The predicted octanol–water partition coefficient (Wildman–Crippen LogP) is 3.82. The third-order valence-corrected chi connectivity index (χ3v) is 4.83. The van der Waals surface area contributed by atoms with Crippen molar-refractivity contribution in [1.82, 2.24) is 0 Å². The fourth-order valence-corrected chi connectivity index (χ4v) is 2.96. The van der Waals surface area contributed by atoms with E-state index in [0.29, 0.717) is 0 Å². The molecule has 1 fully saturated rings. The van der Waals surface area contributed by atoms with Crippen LogP contribution in [0.15, 0.2) is 27.4 Å². The highest BCUT2D eigenvalue weighted by molar-refractivity contribution is 9.11. The number of carbonyl (C=O) groups excluding carboxylic acids is 1. The molecule has 0 atom stereocenters. The molecule has 2 rings (SSSR count). The summed E-state index contributed by atoms with van der Waals surface area (Å²) in [5.41, 5.74) is 0.911. The van der Waals surface area contributed by atoms with Crippen LogP contribution in [0.4, 0.5) is 5.69 Å². The van der Waals surface area contributed by atoms with Crippen molar-refractivity contribution >= 4 is 38.9 Å². The number of halogens is 1. The first-order valence-electron chi connectivity index (χ1n) is 5.90. The van der Waals surface area contributed by atoms with Crippen LogP contribution in [0, 0.1) is 5.41 Å². The smallest absolute Gasteiger partial charge is 0.248 e. The van der Waals surface area contributed by atoms with E-state index in [0.717, 1.165) is 35.5 Å². The predicted molar refractivity (Wildman–Crippen MR) is 77.9 cm³/mol. The van der Waals surface area contributed by atoms with E-state index in [2.05, 4.69) is 28.2 Å². The molecule has 0 bridgehead atoms. The Kier molecular flexibility index (Phi) is 4.59. The van der Waals surface area contributed by atoms with Crippen LogP contribution in [0.5, 0.6) is 0 Å². The zero-order valence-corrected chi connectivity index (χ0v) is 12.6. The lowest BCUT2D eigenvalue weighted by Crippen LogP contribution is -2.24. The molecule has 0 aromatic carbocycles. The summed E-state index contributed by atoms with van der Waals surface area (Å²) in [7, 11) is 0. The maximum atomic E-state index is 11.8. The first kappa shape index (κ1) is 13.8. The largest absolute Gasteiger partial charge is 0.381 e. The standard InChI is InChI=1S/C13H16BrNO2S/c1-13(5-7-17-8-6-13)4-2-11(16)15-10-3-9-18-12(10)14/h2-4,9H,5-8H2,1H3,(H,15,16)/b4-2+. The number of nitrogens with one attached hydrogen (secondary N) is 1. The Balaban J connectivity index is 1.92. The monoisotopic (exact) mass is 329 g/mol. The minimum Gasteiger partial charge on any atom is -0.381 e. The highest BCUT2D eigenvalue weighted by atomic mass is 79.9. The minimum atomic E-state index is -0.0817. The zero-order valence-electron chi connectivity index (χ0n) is 10.2. The van der Waals surface area contributed by atoms with Crippen LogP contribution in [0.1, 0.15) is 19.8 Å². The van der Waals surface area contributed by atoms with Crippen LogP contribution in [-0.2, 0) is 9.53 Å². The lowest BCUT2D eigenvalue weighted by atomic mass is 9.82. The average molecular weight is 330 g/mol. The summed E-state index contributed by atoms with van der Waals surface area (Å²) in [4.78, 5) is 11.8. The van der Waals surface area contributed by atoms with Crippen LogP contribution in [0.2, 0.25) is 0 Å². The highest BCUT2D eigenvalue weighted by Crippen LogP contribution is 2.31. The molecule has 2 heterocycles. The zero-order chi connectivity index (χ0) is 13.0. The number of carbonyl (C=O) groups is 1. The molecule has 0 unspecified atom stereocenters. The Morgan fingerprint density at radius 1 is 1.56 bits per heavy atom. The fourth-order valence-electron chi connectivity index (χ4n) is 1.84. The molecule has 0 spiro atoms. The van der Waals surface area contributed by atoms with Crippen molar-refractivity contribution in [2.45, 2.75) is 19.8 Å². The van der Waals surface area contributed by atoms with Gasteiger partial charge in [0.25, 0.3) is 0 Å².